The van der Waals surface area contributed by atoms with Crippen molar-refractivity contribution in [1.29, 1.82) is 0 Å². The van der Waals surface area contributed by atoms with Gasteiger partial charge >= 0.3 is 6.18 Å². The molecule has 3 aromatic carbocycles. The molecule has 2 atom stereocenters. The summed E-state index contributed by atoms with van der Waals surface area (Å²) >= 11 is 0. The number of rotatable bonds is 9. The van der Waals surface area contributed by atoms with Gasteiger partial charge in [0, 0.05) is 44.2 Å². The Kier molecular flexibility index (Phi) is 8.95. The largest absolute Gasteiger partial charge is 0.497 e. The summed E-state index contributed by atoms with van der Waals surface area (Å²) in [5.41, 5.74) is 1.67. The number of alkyl halides is 3. The Balaban J connectivity index is 1.58. The number of carbonyl (C=O) groups excluding carboxylic acids is 1. The molecular weight excluding hydrogens is 508 g/mol. The van der Waals surface area contributed by atoms with Gasteiger partial charge in [-0.25, -0.2) is 4.39 Å². The van der Waals surface area contributed by atoms with Gasteiger partial charge in [0.1, 0.15) is 11.6 Å². The molecule has 1 saturated heterocycles. The van der Waals surface area contributed by atoms with Crippen LogP contribution < -0.4 is 4.74 Å². The summed E-state index contributed by atoms with van der Waals surface area (Å²) in [7, 11) is 1.62. The number of ether oxygens (including phenoxy) is 1. The van der Waals surface area contributed by atoms with E-state index in [0.29, 0.717) is 38.3 Å². The number of likely N-dealkylation sites (tertiary alicyclic amines) is 1. The number of methoxy groups -OCH3 is 1. The highest BCUT2D eigenvalue weighted by molar-refractivity contribution is 5.94. The summed E-state index contributed by atoms with van der Waals surface area (Å²) in [4.78, 5) is 17.6. The molecule has 0 radical (unpaired) electrons. The molecule has 1 amide bonds. The van der Waals surface area contributed by atoms with E-state index in [0.717, 1.165) is 29.0 Å². The zero-order chi connectivity index (χ0) is 28.2. The van der Waals surface area contributed by atoms with E-state index in [-0.39, 0.29) is 23.7 Å². The Morgan fingerprint density at radius 1 is 1.03 bits per heavy atom. The summed E-state index contributed by atoms with van der Waals surface area (Å²) < 4.78 is 58.0. The molecule has 39 heavy (non-hydrogen) atoms. The Labute approximate surface area is 227 Å². The molecule has 4 rings (SSSR count). The number of benzene rings is 3. The number of hydrogen-bond donors (Lipinski definition) is 0. The second-order valence-electron chi connectivity index (χ2n) is 10.6. The first kappa shape index (κ1) is 28.6. The highest BCUT2D eigenvalue weighted by atomic mass is 19.4. The topological polar surface area (TPSA) is 32.8 Å². The van der Waals surface area contributed by atoms with Gasteiger partial charge in [0.05, 0.1) is 12.7 Å². The second kappa shape index (κ2) is 12.2. The van der Waals surface area contributed by atoms with Crippen LogP contribution in [0, 0.1) is 17.7 Å². The lowest BCUT2D eigenvalue weighted by atomic mass is 9.88. The molecule has 0 bridgehead atoms. The van der Waals surface area contributed by atoms with Crippen LogP contribution in [-0.2, 0) is 12.7 Å². The molecule has 8 heteroatoms. The molecule has 0 aromatic heterocycles. The van der Waals surface area contributed by atoms with Gasteiger partial charge in [-0.05, 0) is 71.5 Å². The van der Waals surface area contributed by atoms with Gasteiger partial charge in [-0.15, -0.1) is 0 Å². The van der Waals surface area contributed by atoms with Crippen LogP contribution in [0.4, 0.5) is 17.6 Å². The molecule has 2 unspecified atom stereocenters. The third kappa shape index (κ3) is 7.38. The Morgan fingerprint density at radius 2 is 1.72 bits per heavy atom. The van der Waals surface area contributed by atoms with Crippen LogP contribution in [0.2, 0.25) is 0 Å². The highest BCUT2D eigenvalue weighted by Crippen LogP contribution is 2.36. The predicted molar refractivity (Wildman–Crippen MR) is 143 cm³/mol. The van der Waals surface area contributed by atoms with Gasteiger partial charge in [-0.1, -0.05) is 38.1 Å². The molecule has 208 valence electrons. The van der Waals surface area contributed by atoms with E-state index < -0.39 is 17.6 Å². The van der Waals surface area contributed by atoms with Crippen molar-refractivity contribution in [2.24, 2.45) is 11.8 Å². The molecular formula is C31H34F4N2O2. The Bertz CT molecular complexity index is 1240. The minimum Gasteiger partial charge on any atom is -0.497 e. The van der Waals surface area contributed by atoms with Crippen molar-refractivity contribution in [1.82, 2.24) is 9.80 Å². The van der Waals surface area contributed by atoms with Crippen LogP contribution in [0.3, 0.4) is 0 Å². The summed E-state index contributed by atoms with van der Waals surface area (Å²) in [5.74, 6) is 0.604. The van der Waals surface area contributed by atoms with Crippen molar-refractivity contribution in [3.8, 4) is 5.75 Å². The number of nitrogens with zero attached hydrogens (tertiary/aromatic N) is 2. The monoisotopic (exact) mass is 542 g/mol. The standard InChI is InChI=1S/C31H34F4N2O2/c1-21(2)16-37(30(38)23-9-13-27(32)14-10-23)19-25-18-36(17-22-7-11-26(12-8-22)31(33,34)35)20-29(25)24-5-4-6-28(15-24)39-3/h4-15,21,25,29H,16-20H2,1-3H3. The molecule has 1 aliphatic heterocycles. The first-order valence-corrected chi connectivity index (χ1v) is 13.1. The van der Waals surface area contributed by atoms with E-state index >= 15 is 0 Å². The van der Waals surface area contributed by atoms with Gasteiger partial charge in [0.2, 0.25) is 0 Å². The van der Waals surface area contributed by atoms with Gasteiger partial charge in [-0.2, -0.15) is 13.2 Å². The van der Waals surface area contributed by atoms with E-state index in [4.69, 9.17) is 4.74 Å². The average Bonchev–Trinajstić information content (AvgIpc) is 3.30. The SMILES string of the molecule is COc1cccc(C2CN(Cc3ccc(C(F)(F)F)cc3)CC2CN(CC(C)C)C(=O)c2ccc(F)cc2)c1. The third-order valence-corrected chi connectivity index (χ3v) is 7.14. The van der Waals surface area contributed by atoms with Gasteiger partial charge < -0.3 is 9.64 Å². The molecule has 0 spiro atoms. The van der Waals surface area contributed by atoms with Gasteiger partial charge in [0.25, 0.3) is 5.91 Å². The van der Waals surface area contributed by atoms with Crippen molar-refractivity contribution >= 4 is 5.91 Å². The zero-order valence-electron chi connectivity index (χ0n) is 22.4. The first-order chi connectivity index (χ1) is 18.5. The van der Waals surface area contributed by atoms with Crippen molar-refractivity contribution in [2.75, 3.05) is 33.3 Å². The van der Waals surface area contributed by atoms with E-state index in [1.165, 1.54) is 36.4 Å². The molecule has 1 aliphatic rings. The number of carbonyl (C=O) groups is 1. The minimum absolute atomic E-state index is 0.0784. The molecule has 3 aromatic rings. The maximum Gasteiger partial charge on any atom is 0.416 e. The normalized spacial score (nSPS) is 17.9. The lowest BCUT2D eigenvalue weighted by Gasteiger charge is -2.30. The molecule has 0 aliphatic carbocycles. The molecule has 4 nitrogen and oxygen atoms in total. The number of halogens is 4. The minimum atomic E-state index is -4.37. The molecule has 0 N–H and O–H groups in total. The zero-order valence-corrected chi connectivity index (χ0v) is 22.4. The lowest BCUT2D eigenvalue weighted by molar-refractivity contribution is -0.137. The molecule has 0 saturated carbocycles. The lowest BCUT2D eigenvalue weighted by Crippen LogP contribution is -2.39. The fourth-order valence-corrected chi connectivity index (χ4v) is 5.32. The number of amides is 1. The average molecular weight is 543 g/mol. The van der Waals surface area contributed by atoms with Gasteiger partial charge in [-0.3, -0.25) is 9.69 Å². The van der Waals surface area contributed by atoms with Crippen LogP contribution in [0.15, 0.2) is 72.8 Å². The summed E-state index contributed by atoms with van der Waals surface area (Å²) in [5, 5.41) is 0. The third-order valence-electron chi connectivity index (χ3n) is 7.14. The Hall–Kier alpha value is -3.39. The van der Waals surface area contributed by atoms with E-state index in [2.05, 4.69) is 24.8 Å². The summed E-state index contributed by atoms with van der Waals surface area (Å²) in [6.07, 6.45) is -4.37. The quantitative estimate of drug-likeness (QED) is 0.277. The fourth-order valence-electron chi connectivity index (χ4n) is 5.32. The molecule has 1 fully saturated rings. The van der Waals surface area contributed by atoms with Crippen LogP contribution in [0.5, 0.6) is 5.75 Å². The first-order valence-electron chi connectivity index (χ1n) is 13.1. The van der Waals surface area contributed by atoms with E-state index in [1.54, 1.807) is 7.11 Å². The Morgan fingerprint density at radius 3 is 2.33 bits per heavy atom. The van der Waals surface area contributed by atoms with Gasteiger partial charge in [0.15, 0.2) is 0 Å². The maximum absolute atomic E-state index is 13.5. The van der Waals surface area contributed by atoms with Crippen molar-refractivity contribution in [3.63, 3.8) is 0 Å². The van der Waals surface area contributed by atoms with Crippen LogP contribution in [-0.4, -0.2) is 49.0 Å². The number of hydrogen-bond acceptors (Lipinski definition) is 3. The van der Waals surface area contributed by atoms with Crippen LogP contribution in [0.1, 0.15) is 46.8 Å². The smallest absolute Gasteiger partial charge is 0.416 e. The summed E-state index contributed by atoms with van der Waals surface area (Å²) in [6.45, 7) is 7.03. The predicted octanol–water partition coefficient (Wildman–Crippen LogP) is 6.87. The maximum atomic E-state index is 13.5. The summed E-state index contributed by atoms with van der Waals surface area (Å²) in [6, 6.07) is 18.8. The van der Waals surface area contributed by atoms with E-state index in [1.807, 2.05) is 23.1 Å². The van der Waals surface area contributed by atoms with Crippen molar-refractivity contribution < 1.29 is 27.1 Å². The highest BCUT2D eigenvalue weighted by Gasteiger charge is 2.36. The van der Waals surface area contributed by atoms with Crippen LogP contribution >= 0.6 is 0 Å². The van der Waals surface area contributed by atoms with Crippen molar-refractivity contribution in [3.05, 3.63) is 101 Å². The van der Waals surface area contributed by atoms with Crippen LogP contribution in [0.25, 0.3) is 0 Å². The van der Waals surface area contributed by atoms with E-state index in [9.17, 15) is 22.4 Å². The molecule has 1 heterocycles. The fraction of sp³-hybridized carbons (Fsp3) is 0.387. The van der Waals surface area contributed by atoms with Crippen molar-refractivity contribution in [2.45, 2.75) is 32.5 Å². The second-order valence-corrected chi connectivity index (χ2v) is 10.6.